The molecule has 1 aromatic heterocycles. The maximum atomic E-state index is 12.2. The van der Waals surface area contributed by atoms with Gasteiger partial charge < -0.3 is 11.1 Å². The van der Waals surface area contributed by atoms with E-state index >= 15 is 0 Å². The second-order valence-corrected chi connectivity index (χ2v) is 5.26. The Morgan fingerprint density at radius 1 is 1.41 bits per heavy atom. The Hall–Kier alpha value is -0.940. The van der Waals surface area contributed by atoms with Crippen molar-refractivity contribution in [2.45, 2.75) is 37.6 Å². The summed E-state index contributed by atoms with van der Waals surface area (Å²) in [6.45, 7) is 0. The van der Waals surface area contributed by atoms with Gasteiger partial charge in [-0.25, -0.2) is 4.98 Å². The van der Waals surface area contributed by atoms with E-state index in [1.807, 2.05) is 0 Å². The lowest BCUT2D eigenvalue weighted by molar-refractivity contribution is -0.122. The second kappa shape index (κ2) is 5.14. The van der Waals surface area contributed by atoms with Gasteiger partial charge in [-0.1, -0.05) is 19.3 Å². The van der Waals surface area contributed by atoms with Gasteiger partial charge in [-0.3, -0.25) is 4.79 Å². The molecule has 0 aliphatic heterocycles. The van der Waals surface area contributed by atoms with Crippen LogP contribution in [0.25, 0.3) is 0 Å². The summed E-state index contributed by atoms with van der Waals surface area (Å²) < 4.78 is 0.632. The zero-order valence-electron chi connectivity index (χ0n) is 9.58. The Morgan fingerprint density at radius 2 is 2.12 bits per heavy atom. The molecule has 1 saturated carbocycles. The number of hydrogen-bond donors (Lipinski definition) is 2. The van der Waals surface area contributed by atoms with Gasteiger partial charge in [-0.15, -0.1) is 0 Å². The molecule has 0 bridgehead atoms. The Balaban J connectivity index is 2.08. The van der Waals surface area contributed by atoms with Gasteiger partial charge in [0.05, 0.1) is 11.2 Å². The maximum Gasteiger partial charge on any atom is 0.244 e. The van der Waals surface area contributed by atoms with Crippen LogP contribution in [0.5, 0.6) is 0 Å². The highest BCUT2D eigenvalue weighted by Crippen LogP contribution is 2.28. The second-order valence-electron chi connectivity index (χ2n) is 4.51. The van der Waals surface area contributed by atoms with E-state index in [2.05, 4.69) is 26.2 Å². The number of aromatic nitrogens is 1. The lowest BCUT2D eigenvalue weighted by Crippen LogP contribution is -2.52. The van der Waals surface area contributed by atoms with Crippen molar-refractivity contribution in [2.24, 2.45) is 5.73 Å². The summed E-state index contributed by atoms with van der Waals surface area (Å²) in [7, 11) is 0. The first-order valence-corrected chi connectivity index (χ1v) is 6.62. The van der Waals surface area contributed by atoms with Crippen LogP contribution in [0.1, 0.15) is 32.1 Å². The number of nitrogens with zero attached hydrogens (tertiary/aromatic N) is 1. The van der Waals surface area contributed by atoms with E-state index in [1.54, 1.807) is 18.3 Å². The summed E-state index contributed by atoms with van der Waals surface area (Å²) in [4.78, 5) is 16.2. The average molecular weight is 298 g/mol. The molecule has 1 aromatic rings. The van der Waals surface area contributed by atoms with E-state index in [0.29, 0.717) is 10.3 Å². The van der Waals surface area contributed by atoms with Gasteiger partial charge in [0.1, 0.15) is 4.60 Å². The van der Waals surface area contributed by atoms with Crippen LogP contribution >= 0.6 is 15.9 Å². The first-order valence-electron chi connectivity index (χ1n) is 5.83. The normalized spacial score (nSPS) is 18.7. The minimum Gasteiger partial charge on any atom is -0.322 e. The third-order valence-electron chi connectivity index (χ3n) is 3.21. The summed E-state index contributed by atoms with van der Waals surface area (Å²) in [5.41, 5.74) is 6.11. The number of pyridine rings is 1. The Bertz CT molecular complexity index is 416. The molecular formula is C12H16BrN3O. The molecule has 2 rings (SSSR count). The van der Waals surface area contributed by atoms with Crippen molar-refractivity contribution in [3.05, 3.63) is 22.9 Å². The number of amides is 1. The van der Waals surface area contributed by atoms with E-state index in [9.17, 15) is 4.79 Å². The summed E-state index contributed by atoms with van der Waals surface area (Å²) in [6, 6.07) is 3.59. The predicted octanol–water partition coefficient (Wildman–Crippen LogP) is 2.44. The molecular weight excluding hydrogens is 282 g/mol. The van der Waals surface area contributed by atoms with Crippen molar-refractivity contribution in [1.82, 2.24) is 4.98 Å². The van der Waals surface area contributed by atoms with Gasteiger partial charge in [-0.2, -0.15) is 0 Å². The first-order chi connectivity index (χ1) is 8.12. The van der Waals surface area contributed by atoms with E-state index in [-0.39, 0.29) is 5.91 Å². The third-order valence-corrected chi connectivity index (χ3v) is 3.84. The fourth-order valence-corrected chi connectivity index (χ4v) is 2.49. The number of rotatable bonds is 2. The molecule has 5 heteroatoms. The van der Waals surface area contributed by atoms with Gasteiger partial charge in [-0.05, 0) is 40.9 Å². The molecule has 92 valence electrons. The summed E-state index contributed by atoms with van der Waals surface area (Å²) in [6.07, 6.45) is 6.41. The summed E-state index contributed by atoms with van der Waals surface area (Å²) >= 11 is 3.30. The average Bonchev–Trinajstić information content (AvgIpc) is 2.33. The van der Waals surface area contributed by atoms with Crippen LogP contribution in [-0.2, 0) is 4.79 Å². The van der Waals surface area contributed by atoms with Crippen LogP contribution in [0.3, 0.4) is 0 Å². The zero-order chi connectivity index (χ0) is 12.3. The van der Waals surface area contributed by atoms with Crippen LogP contribution in [0, 0.1) is 0 Å². The monoisotopic (exact) mass is 297 g/mol. The number of carbonyl (C=O) groups is 1. The number of halogens is 1. The van der Waals surface area contributed by atoms with Gasteiger partial charge in [0.25, 0.3) is 0 Å². The molecule has 4 nitrogen and oxygen atoms in total. The van der Waals surface area contributed by atoms with Crippen molar-refractivity contribution in [3.8, 4) is 0 Å². The van der Waals surface area contributed by atoms with Gasteiger partial charge >= 0.3 is 0 Å². The van der Waals surface area contributed by atoms with E-state index in [0.717, 1.165) is 25.7 Å². The van der Waals surface area contributed by atoms with Crippen LogP contribution in [0.4, 0.5) is 5.69 Å². The Morgan fingerprint density at radius 3 is 2.76 bits per heavy atom. The van der Waals surface area contributed by atoms with Crippen molar-refractivity contribution >= 4 is 27.5 Å². The molecule has 1 aliphatic rings. The minimum atomic E-state index is -0.715. The number of carbonyl (C=O) groups excluding carboxylic acids is 1. The molecule has 0 unspecified atom stereocenters. The minimum absolute atomic E-state index is 0.106. The molecule has 0 aromatic carbocycles. The molecule has 1 amide bonds. The fourth-order valence-electron chi connectivity index (χ4n) is 2.14. The van der Waals surface area contributed by atoms with Gasteiger partial charge in [0.2, 0.25) is 5.91 Å². The topological polar surface area (TPSA) is 68.0 Å². The highest BCUT2D eigenvalue weighted by molar-refractivity contribution is 9.10. The van der Waals surface area contributed by atoms with E-state index in [4.69, 9.17) is 5.73 Å². The number of anilines is 1. The molecule has 1 aliphatic carbocycles. The third kappa shape index (κ3) is 2.84. The van der Waals surface area contributed by atoms with Crippen molar-refractivity contribution in [3.63, 3.8) is 0 Å². The molecule has 0 saturated heterocycles. The van der Waals surface area contributed by atoms with Crippen LogP contribution < -0.4 is 11.1 Å². The maximum absolute atomic E-state index is 12.2. The van der Waals surface area contributed by atoms with E-state index in [1.165, 1.54) is 6.42 Å². The molecule has 0 radical (unpaired) electrons. The van der Waals surface area contributed by atoms with Crippen molar-refractivity contribution in [2.75, 3.05) is 5.32 Å². The number of nitrogens with one attached hydrogen (secondary N) is 1. The number of nitrogens with two attached hydrogens (primary N) is 1. The van der Waals surface area contributed by atoms with Crippen LogP contribution in [0.15, 0.2) is 22.9 Å². The molecule has 0 atom stereocenters. The first kappa shape index (κ1) is 12.5. The summed E-state index contributed by atoms with van der Waals surface area (Å²) in [5.74, 6) is -0.106. The van der Waals surface area contributed by atoms with E-state index < -0.39 is 5.54 Å². The Kier molecular flexibility index (Phi) is 3.79. The Labute approximate surface area is 109 Å². The smallest absolute Gasteiger partial charge is 0.244 e. The quantitative estimate of drug-likeness (QED) is 0.824. The highest BCUT2D eigenvalue weighted by Gasteiger charge is 2.35. The molecule has 1 fully saturated rings. The predicted molar refractivity (Wildman–Crippen MR) is 70.6 cm³/mol. The van der Waals surface area contributed by atoms with Gasteiger partial charge in [0, 0.05) is 6.20 Å². The molecule has 3 N–H and O–H groups in total. The van der Waals surface area contributed by atoms with Crippen LogP contribution in [-0.4, -0.2) is 16.4 Å². The van der Waals surface area contributed by atoms with Gasteiger partial charge in [0.15, 0.2) is 0 Å². The largest absolute Gasteiger partial charge is 0.322 e. The number of hydrogen-bond acceptors (Lipinski definition) is 3. The fraction of sp³-hybridized carbons (Fsp3) is 0.500. The van der Waals surface area contributed by atoms with Crippen molar-refractivity contribution in [1.29, 1.82) is 0 Å². The SMILES string of the molecule is NC1(C(=O)Nc2cccnc2Br)CCCCC1. The van der Waals surface area contributed by atoms with Crippen LogP contribution in [0.2, 0.25) is 0 Å². The molecule has 0 spiro atoms. The highest BCUT2D eigenvalue weighted by atomic mass is 79.9. The molecule has 1 heterocycles. The molecule has 17 heavy (non-hydrogen) atoms. The zero-order valence-corrected chi connectivity index (χ0v) is 11.2. The van der Waals surface area contributed by atoms with Crippen molar-refractivity contribution < 1.29 is 4.79 Å². The lowest BCUT2D eigenvalue weighted by atomic mass is 9.82. The standard InChI is InChI=1S/C12H16BrN3O/c13-10-9(5-4-8-15-10)16-11(17)12(14)6-2-1-3-7-12/h4-5,8H,1-3,6-7,14H2,(H,16,17). The summed E-state index contributed by atoms with van der Waals surface area (Å²) in [5, 5.41) is 2.85. The lowest BCUT2D eigenvalue weighted by Gasteiger charge is -2.31.